The molecule has 114 valence electrons. The second-order valence-corrected chi connectivity index (χ2v) is 5.69. The van der Waals surface area contributed by atoms with Gasteiger partial charge in [-0.3, -0.25) is 9.69 Å². The standard InChI is InChI=1S/C13H21N3O2S.ClH/c1-10(14)13(17)15-9-11(12-3-2-8-19-12)16-4-6-18-7-5-16;/h2-3,8,10-11H,4-7,9,14H2,1H3,(H,15,17);1H. The van der Waals surface area contributed by atoms with Gasteiger partial charge in [0.1, 0.15) is 0 Å². The predicted octanol–water partition coefficient (Wildman–Crippen LogP) is 1.01. The number of morpholine rings is 1. The van der Waals surface area contributed by atoms with E-state index < -0.39 is 6.04 Å². The monoisotopic (exact) mass is 319 g/mol. The molecule has 1 saturated heterocycles. The van der Waals surface area contributed by atoms with Crippen molar-refractivity contribution in [2.45, 2.75) is 19.0 Å². The third-order valence-corrected chi connectivity index (χ3v) is 4.21. The van der Waals surface area contributed by atoms with Crippen LogP contribution >= 0.6 is 23.7 Å². The third kappa shape index (κ3) is 4.71. The molecule has 5 nitrogen and oxygen atoms in total. The molecule has 0 spiro atoms. The van der Waals surface area contributed by atoms with Crippen molar-refractivity contribution in [3.8, 4) is 0 Å². The summed E-state index contributed by atoms with van der Waals surface area (Å²) < 4.78 is 5.39. The van der Waals surface area contributed by atoms with Crippen LogP contribution in [0.1, 0.15) is 17.8 Å². The molecule has 1 fully saturated rings. The Hall–Kier alpha value is -0.660. The van der Waals surface area contributed by atoms with Gasteiger partial charge in [-0.1, -0.05) is 6.07 Å². The number of amides is 1. The largest absolute Gasteiger partial charge is 0.379 e. The Kier molecular flexibility index (Phi) is 7.47. The molecule has 3 N–H and O–H groups in total. The molecule has 0 saturated carbocycles. The van der Waals surface area contributed by atoms with E-state index >= 15 is 0 Å². The van der Waals surface area contributed by atoms with Gasteiger partial charge in [0.05, 0.1) is 25.3 Å². The maximum absolute atomic E-state index is 11.6. The fraction of sp³-hybridized carbons (Fsp3) is 0.615. The van der Waals surface area contributed by atoms with E-state index in [9.17, 15) is 4.79 Å². The van der Waals surface area contributed by atoms with Crippen molar-refractivity contribution < 1.29 is 9.53 Å². The molecule has 2 heterocycles. The number of ether oxygens (including phenoxy) is 1. The van der Waals surface area contributed by atoms with Crippen LogP contribution in [0.15, 0.2) is 17.5 Å². The molecule has 20 heavy (non-hydrogen) atoms. The Morgan fingerprint density at radius 3 is 2.80 bits per heavy atom. The molecule has 2 unspecified atom stereocenters. The molecule has 0 bridgehead atoms. The number of nitrogens with one attached hydrogen (secondary N) is 1. The van der Waals surface area contributed by atoms with Crippen molar-refractivity contribution in [3.63, 3.8) is 0 Å². The van der Waals surface area contributed by atoms with Crippen LogP contribution in [0.4, 0.5) is 0 Å². The highest BCUT2D eigenvalue weighted by Crippen LogP contribution is 2.25. The minimum Gasteiger partial charge on any atom is -0.379 e. The summed E-state index contributed by atoms with van der Waals surface area (Å²) in [5.41, 5.74) is 5.58. The Balaban J connectivity index is 0.00000200. The van der Waals surface area contributed by atoms with Crippen LogP contribution in [0.2, 0.25) is 0 Å². The molecule has 1 aromatic heterocycles. The minimum absolute atomic E-state index is 0. The van der Waals surface area contributed by atoms with Gasteiger partial charge in [0, 0.05) is 24.5 Å². The van der Waals surface area contributed by atoms with Crippen molar-refractivity contribution in [1.29, 1.82) is 0 Å². The second-order valence-electron chi connectivity index (χ2n) is 4.71. The first-order chi connectivity index (χ1) is 9.18. The number of carbonyl (C=O) groups is 1. The molecule has 2 rings (SSSR count). The number of nitrogens with zero attached hydrogens (tertiary/aromatic N) is 1. The summed E-state index contributed by atoms with van der Waals surface area (Å²) in [6.07, 6.45) is 0. The summed E-state index contributed by atoms with van der Waals surface area (Å²) in [6, 6.07) is 3.91. The summed E-state index contributed by atoms with van der Waals surface area (Å²) in [4.78, 5) is 15.3. The van der Waals surface area contributed by atoms with E-state index in [2.05, 4.69) is 21.7 Å². The maximum atomic E-state index is 11.6. The Morgan fingerprint density at radius 2 is 2.25 bits per heavy atom. The lowest BCUT2D eigenvalue weighted by Crippen LogP contribution is -2.46. The van der Waals surface area contributed by atoms with E-state index in [0.29, 0.717) is 6.54 Å². The van der Waals surface area contributed by atoms with Crippen LogP contribution in [0.3, 0.4) is 0 Å². The van der Waals surface area contributed by atoms with Gasteiger partial charge in [-0.2, -0.15) is 0 Å². The molecule has 0 aliphatic carbocycles. The quantitative estimate of drug-likeness (QED) is 0.850. The molecular weight excluding hydrogens is 298 g/mol. The van der Waals surface area contributed by atoms with Crippen LogP contribution in [-0.4, -0.2) is 49.7 Å². The first-order valence-corrected chi connectivity index (χ1v) is 7.45. The zero-order valence-corrected chi connectivity index (χ0v) is 13.2. The first kappa shape index (κ1) is 17.4. The lowest BCUT2D eigenvalue weighted by molar-refractivity contribution is -0.122. The summed E-state index contributed by atoms with van der Waals surface area (Å²) in [6.45, 7) is 5.60. The lowest BCUT2D eigenvalue weighted by Gasteiger charge is -2.34. The molecule has 7 heteroatoms. The zero-order valence-electron chi connectivity index (χ0n) is 11.6. The molecule has 0 aromatic carbocycles. The fourth-order valence-electron chi connectivity index (χ4n) is 2.14. The van der Waals surface area contributed by atoms with E-state index in [1.165, 1.54) is 4.88 Å². The van der Waals surface area contributed by atoms with Crippen LogP contribution in [-0.2, 0) is 9.53 Å². The van der Waals surface area contributed by atoms with Gasteiger partial charge in [-0.05, 0) is 18.4 Å². The van der Waals surface area contributed by atoms with Gasteiger partial charge in [-0.25, -0.2) is 0 Å². The van der Waals surface area contributed by atoms with E-state index in [-0.39, 0.29) is 24.4 Å². The Bertz CT molecular complexity index is 394. The van der Waals surface area contributed by atoms with E-state index in [4.69, 9.17) is 10.5 Å². The summed E-state index contributed by atoms with van der Waals surface area (Å²) in [7, 11) is 0. The van der Waals surface area contributed by atoms with Crippen LogP contribution < -0.4 is 11.1 Å². The average molecular weight is 320 g/mol. The summed E-state index contributed by atoms with van der Waals surface area (Å²) >= 11 is 1.72. The highest BCUT2D eigenvalue weighted by Gasteiger charge is 2.24. The maximum Gasteiger partial charge on any atom is 0.236 e. The topological polar surface area (TPSA) is 67.6 Å². The number of nitrogens with two attached hydrogens (primary N) is 1. The van der Waals surface area contributed by atoms with E-state index in [1.54, 1.807) is 18.3 Å². The van der Waals surface area contributed by atoms with Crippen molar-refractivity contribution in [3.05, 3.63) is 22.4 Å². The van der Waals surface area contributed by atoms with Gasteiger partial charge >= 0.3 is 0 Å². The number of halogens is 1. The van der Waals surface area contributed by atoms with Gasteiger partial charge in [0.15, 0.2) is 0 Å². The number of rotatable bonds is 5. The van der Waals surface area contributed by atoms with Crippen LogP contribution in [0, 0.1) is 0 Å². The van der Waals surface area contributed by atoms with Crippen molar-refractivity contribution in [2.24, 2.45) is 5.73 Å². The zero-order chi connectivity index (χ0) is 13.7. The van der Waals surface area contributed by atoms with Crippen LogP contribution in [0.25, 0.3) is 0 Å². The molecular formula is C13H22ClN3O2S. The van der Waals surface area contributed by atoms with E-state index in [1.807, 2.05) is 6.07 Å². The molecule has 1 amide bonds. The second kappa shape index (κ2) is 8.59. The average Bonchev–Trinajstić information content (AvgIpc) is 2.94. The Morgan fingerprint density at radius 1 is 1.55 bits per heavy atom. The van der Waals surface area contributed by atoms with Gasteiger partial charge in [0.25, 0.3) is 0 Å². The van der Waals surface area contributed by atoms with Crippen molar-refractivity contribution >= 4 is 29.7 Å². The molecule has 1 aromatic rings. The SMILES string of the molecule is CC(N)C(=O)NCC(c1cccs1)N1CCOCC1.Cl. The molecule has 2 atom stereocenters. The predicted molar refractivity (Wildman–Crippen MR) is 83.4 cm³/mol. The van der Waals surface area contributed by atoms with Gasteiger partial charge in [-0.15, -0.1) is 23.7 Å². The summed E-state index contributed by atoms with van der Waals surface area (Å²) in [5.74, 6) is -0.102. The van der Waals surface area contributed by atoms with Gasteiger partial charge in [0.2, 0.25) is 5.91 Å². The third-order valence-electron chi connectivity index (χ3n) is 3.24. The molecule has 0 radical (unpaired) electrons. The summed E-state index contributed by atoms with van der Waals surface area (Å²) in [5, 5.41) is 4.99. The number of hydrogen-bond donors (Lipinski definition) is 2. The highest BCUT2D eigenvalue weighted by molar-refractivity contribution is 7.10. The molecule has 1 aliphatic rings. The van der Waals surface area contributed by atoms with Crippen LogP contribution in [0.5, 0.6) is 0 Å². The lowest BCUT2D eigenvalue weighted by atomic mass is 10.2. The van der Waals surface area contributed by atoms with Crippen molar-refractivity contribution in [2.75, 3.05) is 32.8 Å². The first-order valence-electron chi connectivity index (χ1n) is 6.57. The highest BCUT2D eigenvalue weighted by atomic mass is 35.5. The molecule has 1 aliphatic heterocycles. The normalized spacial score (nSPS) is 18.9. The number of hydrogen-bond acceptors (Lipinski definition) is 5. The van der Waals surface area contributed by atoms with E-state index in [0.717, 1.165) is 26.3 Å². The number of carbonyl (C=O) groups excluding carboxylic acids is 1. The minimum atomic E-state index is -0.464. The smallest absolute Gasteiger partial charge is 0.236 e. The van der Waals surface area contributed by atoms with Crippen molar-refractivity contribution in [1.82, 2.24) is 10.2 Å². The van der Waals surface area contributed by atoms with Gasteiger partial charge < -0.3 is 15.8 Å². The number of thiophene rings is 1. The Labute approximate surface area is 129 Å². The fourth-order valence-corrected chi connectivity index (χ4v) is 3.00.